The number of methoxy groups -OCH3 is 2. The number of hydrogen-bond donors (Lipinski definition) is 0. The van der Waals surface area contributed by atoms with Crippen LogP contribution < -0.4 is 14.2 Å². The van der Waals surface area contributed by atoms with Gasteiger partial charge in [-0.1, -0.05) is 37.6 Å². The smallest absolute Gasteiger partial charge is 0.336 e. The molecule has 0 aliphatic carbocycles. The van der Waals surface area contributed by atoms with Gasteiger partial charge >= 0.3 is 6.01 Å². The highest BCUT2D eigenvalue weighted by atomic mass is 35.5. The zero-order valence-corrected chi connectivity index (χ0v) is 17.4. The predicted molar refractivity (Wildman–Crippen MR) is 110 cm³/mol. The molecular formula is C21H22ClN3O4. The molecule has 0 atom stereocenters. The van der Waals surface area contributed by atoms with E-state index in [0.29, 0.717) is 40.1 Å². The summed E-state index contributed by atoms with van der Waals surface area (Å²) in [6, 6.07) is 12.1. The molecule has 8 heteroatoms. The summed E-state index contributed by atoms with van der Waals surface area (Å²) in [6.07, 6.45) is 0. The van der Waals surface area contributed by atoms with Crippen LogP contribution in [0.3, 0.4) is 0 Å². The molecule has 0 N–H and O–H groups in total. The van der Waals surface area contributed by atoms with Gasteiger partial charge in [-0.2, -0.15) is 9.67 Å². The monoisotopic (exact) mass is 415 g/mol. The van der Waals surface area contributed by atoms with Gasteiger partial charge in [0.2, 0.25) is 0 Å². The molecule has 0 bridgehead atoms. The van der Waals surface area contributed by atoms with E-state index in [2.05, 4.69) is 10.1 Å². The third-order valence-corrected chi connectivity index (χ3v) is 4.28. The van der Waals surface area contributed by atoms with Crippen molar-refractivity contribution in [1.82, 2.24) is 14.8 Å². The van der Waals surface area contributed by atoms with Crippen LogP contribution in [-0.4, -0.2) is 41.5 Å². The fraction of sp³-hybridized carbons (Fsp3) is 0.286. The lowest BCUT2D eigenvalue weighted by Crippen LogP contribution is -2.16. The van der Waals surface area contributed by atoms with Gasteiger partial charge < -0.3 is 14.2 Å². The summed E-state index contributed by atoms with van der Waals surface area (Å²) in [6.45, 7) is 4.46. The Morgan fingerprint density at radius 3 is 2.59 bits per heavy atom. The third kappa shape index (κ3) is 4.68. The van der Waals surface area contributed by atoms with Crippen LogP contribution in [0.25, 0.3) is 11.4 Å². The molecular weight excluding hydrogens is 394 g/mol. The summed E-state index contributed by atoms with van der Waals surface area (Å²) in [5.74, 6) is 1.15. The summed E-state index contributed by atoms with van der Waals surface area (Å²) >= 11 is 6.13. The lowest BCUT2D eigenvalue weighted by molar-refractivity contribution is 0.0941. The van der Waals surface area contributed by atoms with Gasteiger partial charge in [0.1, 0.15) is 11.5 Å². The van der Waals surface area contributed by atoms with Crippen LogP contribution in [0.15, 0.2) is 42.5 Å². The van der Waals surface area contributed by atoms with E-state index in [9.17, 15) is 4.79 Å². The van der Waals surface area contributed by atoms with Crippen molar-refractivity contribution in [3.05, 3.63) is 53.1 Å². The number of halogens is 1. The maximum atomic E-state index is 13.3. The minimum atomic E-state index is -0.411. The summed E-state index contributed by atoms with van der Waals surface area (Å²) in [7, 11) is 3.03. The number of carbonyl (C=O) groups is 1. The van der Waals surface area contributed by atoms with Gasteiger partial charge in [0, 0.05) is 16.7 Å². The first kappa shape index (κ1) is 20.7. The molecule has 0 fully saturated rings. The average molecular weight is 416 g/mol. The molecule has 0 aliphatic rings. The topological polar surface area (TPSA) is 75.5 Å². The van der Waals surface area contributed by atoms with Crippen molar-refractivity contribution in [2.24, 2.45) is 5.92 Å². The molecule has 1 aromatic heterocycles. The fourth-order valence-corrected chi connectivity index (χ4v) is 2.83. The van der Waals surface area contributed by atoms with Crippen molar-refractivity contribution in [2.75, 3.05) is 20.8 Å². The number of aromatic nitrogens is 3. The Morgan fingerprint density at radius 1 is 1.14 bits per heavy atom. The second-order valence-electron chi connectivity index (χ2n) is 6.72. The fourth-order valence-electron chi connectivity index (χ4n) is 2.64. The number of ether oxygens (including phenoxy) is 3. The summed E-state index contributed by atoms with van der Waals surface area (Å²) in [5.41, 5.74) is 0.960. The minimum absolute atomic E-state index is 0.120. The van der Waals surface area contributed by atoms with Crippen LogP contribution in [0.4, 0.5) is 0 Å². The lowest BCUT2D eigenvalue weighted by atomic mass is 10.1. The van der Waals surface area contributed by atoms with E-state index in [1.165, 1.54) is 11.8 Å². The van der Waals surface area contributed by atoms with Gasteiger partial charge in [0.15, 0.2) is 5.82 Å². The van der Waals surface area contributed by atoms with Crippen LogP contribution in [-0.2, 0) is 0 Å². The highest BCUT2D eigenvalue weighted by molar-refractivity contribution is 6.30. The van der Waals surface area contributed by atoms with Gasteiger partial charge in [-0.3, -0.25) is 4.79 Å². The number of nitrogens with zero attached hydrogens (tertiary/aromatic N) is 3. The van der Waals surface area contributed by atoms with Crippen molar-refractivity contribution in [3.63, 3.8) is 0 Å². The molecule has 0 unspecified atom stereocenters. The molecule has 3 rings (SSSR count). The SMILES string of the molecule is COc1ccc(C(=O)n2nc(OCC(C)C)nc2-c2cccc(Cl)c2)c(OC)c1. The van der Waals surface area contributed by atoms with Crippen molar-refractivity contribution < 1.29 is 19.0 Å². The molecule has 0 spiro atoms. The third-order valence-electron chi connectivity index (χ3n) is 4.05. The average Bonchev–Trinajstić information content (AvgIpc) is 3.15. The van der Waals surface area contributed by atoms with E-state index in [1.807, 2.05) is 13.8 Å². The normalized spacial score (nSPS) is 10.8. The van der Waals surface area contributed by atoms with Gasteiger partial charge in [0.25, 0.3) is 5.91 Å². The van der Waals surface area contributed by atoms with Crippen LogP contribution in [0.1, 0.15) is 24.2 Å². The van der Waals surface area contributed by atoms with E-state index >= 15 is 0 Å². The Kier molecular flexibility index (Phi) is 6.39. The van der Waals surface area contributed by atoms with Crippen molar-refractivity contribution in [3.8, 4) is 28.9 Å². The first-order valence-electron chi connectivity index (χ1n) is 9.05. The second-order valence-corrected chi connectivity index (χ2v) is 7.15. The molecule has 152 valence electrons. The predicted octanol–water partition coefficient (Wildman–Crippen LogP) is 4.34. The first-order chi connectivity index (χ1) is 13.9. The summed E-state index contributed by atoms with van der Waals surface area (Å²) in [4.78, 5) is 17.7. The van der Waals surface area contributed by atoms with Crippen LogP contribution >= 0.6 is 11.6 Å². The van der Waals surface area contributed by atoms with Crippen LogP contribution in [0.2, 0.25) is 5.02 Å². The molecule has 0 radical (unpaired) electrons. The van der Waals surface area contributed by atoms with E-state index < -0.39 is 5.91 Å². The van der Waals surface area contributed by atoms with Gasteiger partial charge in [0.05, 0.1) is 26.4 Å². The maximum Gasteiger partial charge on any atom is 0.336 e. The highest BCUT2D eigenvalue weighted by Gasteiger charge is 2.23. The summed E-state index contributed by atoms with van der Waals surface area (Å²) in [5, 5.41) is 4.81. The minimum Gasteiger partial charge on any atom is -0.497 e. The number of rotatable bonds is 7. The van der Waals surface area contributed by atoms with Crippen LogP contribution in [0.5, 0.6) is 17.5 Å². The van der Waals surface area contributed by atoms with E-state index in [4.69, 9.17) is 25.8 Å². The Bertz CT molecular complexity index is 1020. The molecule has 0 saturated heterocycles. The Hall–Kier alpha value is -3.06. The van der Waals surface area contributed by atoms with Gasteiger partial charge in [-0.05, 0) is 30.2 Å². The molecule has 29 heavy (non-hydrogen) atoms. The quantitative estimate of drug-likeness (QED) is 0.571. The maximum absolute atomic E-state index is 13.3. The Labute approximate surface area is 174 Å². The Morgan fingerprint density at radius 2 is 1.93 bits per heavy atom. The van der Waals surface area contributed by atoms with Crippen LogP contribution in [0, 0.1) is 5.92 Å². The summed E-state index contributed by atoms with van der Waals surface area (Å²) < 4.78 is 17.4. The molecule has 0 saturated carbocycles. The zero-order valence-electron chi connectivity index (χ0n) is 16.7. The standard InChI is InChI=1S/C21H22ClN3O4/c1-13(2)12-29-21-23-19(14-6-5-7-15(22)10-14)25(24-21)20(26)17-9-8-16(27-3)11-18(17)28-4/h5-11,13H,12H2,1-4H3. The van der Waals surface area contributed by atoms with Gasteiger partial charge in [-0.25, -0.2) is 0 Å². The zero-order chi connectivity index (χ0) is 21.0. The van der Waals surface area contributed by atoms with Gasteiger partial charge in [-0.15, -0.1) is 5.10 Å². The molecule has 0 amide bonds. The van der Waals surface area contributed by atoms with Crippen molar-refractivity contribution in [2.45, 2.75) is 13.8 Å². The van der Waals surface area contributed by atoms with Crippen molar-refractivity contribution in [1.29, 1.82) is 0 Å². The molecule has 2 aromatic carbocycles. The molecule has 3 aromatic rings. The second kappa shape index (κ2) is 8.96. The lowest BCUT2D eigenvalue weighted by Gasteiger charge is -2.10. The van der Waals surface area contributed by atoms with Crippen molar-refractivity contribution >= 4 is 17.5 Å². The van der Waals surface area contributed by atoms with E-state index in [1.54, 1.807) is 49.6 Å². The highest BCUT2D eigenvalue weighted by Crippen LogP contribution is 2.28. The molecule has 7 nitrogen and oxygen atoms in total. The largest absolute Gasteiger partial charge is 0.497 e. The number of carbonyl (C=O) groups excluding carboxylic acids is 1. The number of hydrogen-bond acceptors (Lipinski definition) is 6. The Balaban J connectivity index is 2.08. The van der Waals surface area contributed by atoms with E-state index in [-0.39, 0.29) is 11.9 Å². The molecule has 1 heterocycles. The van der Waals surface area contributed by atoms with E-state index in [0.717, 1.165) is 0 Å². The number of benzene rings is 2. The molecule has 0 aliphatic heterocycles. The first-order valence-corrected chi connectivity index (χ1v) is 9.43.